The smallest absolute Gasteiger partial charge is 0.0724 e. The van der Waals surface area contributed by atoms with Gasteiger partial charge in [-0.15, -0.1) is 0 Å². The Balaban J connectivity index is 1.87. The van der Waals surface area contributed by atoms with Gasteiger partial charge in [-0.1, -0.05) is 28.1 Å². The molecule has 17 heavy (non-hydrogen) atoms. The summed E-state index contributed by atoms with van der Waals surface area (Å²) in [5.41, 5.74) is 1.39. The average Bonchev–Trinajstić information content (AvgIpc) is 2.27. The summed E-state index contributed by atoms with van der Waals surface area (Å²) < 4.78 is 7.27. The molecule has 1 fully saturated rings. The topological polar surface area (TPSA) is 21.3 Å². The molecule has 1 N–H and O–H groups in total. The molecule has 0 bridgehead atoms. The van der Waals surface area contributed by atoms with E-state index in [1.54, 1.807) is 0 Å². The predicted molar refractivity (Wildman–Crippen MR) is 74.1 cm³/mol. The first-order valence-electron chi connectivity index (χ1n) is 6.27. The second-order valence-electron chi connectivity index (χ2n) is 4.81. The van der Waals surface area contributed by atoms with Gasteiger partial charge >= 0.3 is 0 Å². The molecular formula is C14H20BrNO. The first kappa shape index (κ1) is 13.1. The summed E-state index contributed by atoms with van der Waals surface area (Å²) >= 11 is 3.49. The molecule has 2 rings (SSSR count). The zero-order chi connectivity index (χ0) is 12.1. The largest absolute Gasteiger partial charge is 0.370 e. The van der Waals surface area contributed by atoms with Gasteiger partial charge in [-0.2, -0.15) is 0 Å². The summed E-state index contributed by atoms with van der Waals surface area (Å²) in [6.07, 6.45) is 4.85. The van der Waals surface area contributed by atoms with Crippen molar-refractivity contribution < 1.29 is 4.74 Å². The Kier molecular flexibility index (Phi) is 4.60. The Morgan fingerprint density at radius 3 is 2.82 bits per heavy atom. The van der Waals surface area contributed by atoms with Crippen molar-refractivity contribution in [3.8, 4) is 0 Å². The van der Waals surface area contributed by atoms with Crippen molar-refractivity contribution in [2.24, 2.45) is 0 Å². The van der Waals surface area contributed by atoms with Gasteiger partial charge in [0.25, 0.3) is 0 Å². The van der Waals surface area contributed by atoms with Crippen LogP contribution in [0.5, 0.6) is 0 Å². The zero-order valence-corrected chi connectivity index (χ0v) is 11.9. The van der Waals surface area contributed by atoms with Gasteiger partial charge in [-0.05, 0) is 57.0 Å². The third kappa shape index (κ3) is 3.54. The first-order valence-corrected chi connectivity index (χ1v) is 7.06. The maximum atomic E-state index is 6.15. The van der Waals surface area contributed by atoms with Crippen molar-refractivity contribution in [3.05, 3.63) is 34.3 Å². The molecule has 0 spiro atoms. The van der Waals surface area contributed by atoms with E-state index >= 15 is 0 Å². The van der Waals surface area contributed by atoms with Crippen LogP contribution in [0.3, 0.4) is 0 Å². The second-order valence-corrected chi connectivity index (χ2v) is 5.72. The van der Waals surface area contributed by atoms with Crippen LogP contribution in [0.4, 0.5) is 0 Å². The molecule has 1 aromatic carbocycles. The molecule has 0 saturated heterocycles. The fourth-order valence-electron chi connectivity index (χ4n) is 2.25. The van der Waals surface area contributed by atoms with E-state index in [-0.39, 0.29) is 5.60 Å². The van der Waals surface area contributed by atoms with Gasteiger partial charge in [-0.25, -0.2) is 0 Å². The molecule has 0 unspecified atom stereocenters. The molecule has 1 saturated carbocycles. The first-order chi connectivity index (χ1) is 8.24. The normalized spacial score (nSPS) is 17.8. The highest BCUT2D eigenvalue weighted by molar-refractivity contribution is 9.10. The summed E-state index contributed by atoms with van der Waals surface area (Å²) in [4.78, 5) is 0. The minimum atomic E-state index is 0.144. The number of nitrogens with one attached hydrogen (secondary N) is 1. The number of hydrogen-bond acceptors (Lipinski definition) is 2. The Morgan fingerprint density at radius 2 is 2.24 bits per heavy atom. The van der Waals surface area contributed by atoms with E-state index in [2.05, 4.69) is 39.4 Å². The maximum Gasteiger partial charge on any atom is 0.0724 e. The fourth-order valence-corrected chi connectivity index (χ4v) is 2.70. The molecule has 0 radical (unpaired) electrons. The van der Waals surface area contributed by atoms with E-state index in [9.17, 15) is 0 Å². The lowest BCUT2D eigenvalue weighted by Crippen LogP contribution is -2.42. The summed E-state index contributed by atoms with van der Waals surface area (Å²) in [6.45, 7) is 1.77. The second kappa shape index (κ2) is 5.98. The van der Waals surface area contributed by atoms with E-state index in [4.69, 9.17) is 4.74 Å². The molecule has 1 aromatic rings. The summed E-state index contributed by atoms with van der Waals surface area (Å²) in [7, 11) is 2.00. The highest BCUT2D eigenvalue weighted by atomic mass is 79.9. The summed E-state index contributed by atoms with van der Waals surface area (Å²) in [5, 5.41) is 3.21. The van der Waals surface area contributed by atoms with Gasteiger partial charge < -0.3 is 10.1 Å². The molecule has 1 aliphatic carbocycles. The van der Waals surface area contributed by atoms with Crippen molar-refractivity contribution in [1.29, 1.82) is 0 Å². The Hall–Kier alpha value is -0.380. The average molecular weight is 298 g/mol. The number of benzene rings is 1. The van der Waals surface area contributed by atoms with Crippen molar-refractivity contribution in [2.45, 2.75) is 37.9 Å². The van der Waals surface area contributed by atoms with E-state index in [0.717, 1.165) is 24.0 Å². The van der Waals surface area contributed by atoms with Crippen LogP contribution < -0.4 is 5.32 Å². The minimum absolute atomic E-state index is 0.144. The third-order valence-corrected chi connectivity index (χ3v) is 4.02. The van der Waals surface area contributed by atoms with Gasteiger partial charge in [0, 0.05) is 4.47 Å². The number of hydrogen-bond donors (Lipinski definition) is 1. The van der Waals surface area contributed by atoms with Crippen LogP contribution in [0.25, 0.3) is 0 Å². The van der Waals surface area contributed by atoms with Gasteiger partial charge in [0.05, 0.1) is 12.2 Å². The van der Waals surface area contributed by atoms with E-state index in [1.165, 1.54) is 24.8 Å². The van der Waals surface area contributed by atoms with Crippen LogP contribution in [0, 0.1) is 0 Å². The molecule has 94 valence electrons. The molecule has 0 aromatic heterocycles. The number of ether oxygens (including phenoxy) is 1. The molecule has 0 amide bonds. The minimum Gasteiger partial charge on any atom is -0.370 e. The van der Waals surface area contributed by atoms with E-state index in [1.807, 2.05) is 13.1 Å². The number of halogens is 1. The molecule has 0 aliphatic heterocycles. The van der Waals surface area contributed by atoms with Crippen molar-refractivity contribution in [3.63, 3.8) is 0 Å². The van der Waals surface area contributed by atoms with Crippen LogP contribution >= 0.6 is 15.9 Å². The highest BCUT2D eigenvalue weighted by Gasteiger charge is 2.37. The van der Waals surface area contributed by atoms with Gasteiger partial charge in [-0.3, -0.25) is 0 Å². The van der Waals surface area contributed by atoms with Crippen molar-refractivity contribution in [2.75, 3.05) is 13.6 Å². The highest BCUT2D eigenvalue weighted by Crippen LogP contribution is 2.39. The fraction of sp³-hybridized carbons (Fsp3) is 0.571. The third-order valence-electron chi connectivity index (χ3n) is 3.53. The molecule has 0 atom stereocenters. The Morgan fingerprint density at radius 1 is 1.41 bits per heavy atom. The van der Waals surface area contributed by atoms with Crippen molar-refractivity contribution >= 4 is 15.9 Å². The van der Waals surface area contributed by atoms with Crippen LogP contribution in [0.1, 0.15) is 31.2 Å². The Labute approximate surface area is 112 Å². The van der Waals surface area contributed by atoms with Gasteiger partial charge in [0.2, 0.25) is 0 Å². The van der Waals surface area contributed by atoms with Gasteiger partial charge in [0.15, 0.2) is 0 Å². The predicted octanol–water partition coefficient (Wildman–Crippen LogP) is 3.50. The summed E-state index contributed by atoms with van der Waals surface area (Å²) in [5.74, 6) is 0. The lowest BCUT2D eigenvalue weighted by molar-refractivity contribution is -0.113. The monoisotopic (exact) mass is 297 g/mol. The maximum absolute atomic E-state index is 6.15. The van der Waals surface area contributed by atoms with Crippen LogP contribution in [-0.4, -0.2) is 19.2 Å². The molecule has 0 heterocycles. The standard InChI is InChI=1S/C14H20BrNO/c1-16-9-8-14(6-3-7-14)17-11-12-4-2-5-13(15)10-12/h2,4-5,10,16H,3,6-9,11H2,1H3. The van der Waals surface area contributed by atoms with Crippen LogP contribution in [0.2, 0.25) is 0 Å². The van der Waals surface area contributed by atoms with E-state index in [0.29, 0.717) is 0 Å². The van der Waals surface area contributed by atoms with E-state index < -0.39 is 0 Å². The summed E-state index contributed by atoms with van der Waals surface area (Å²) in [6, 6.07) is 8.35. The van der Waals surface area contributed by atoms with Crippen molar-refractivity contribution in [1.82, 2.24) is 5.32 Å². The zero-order valence-electron chi connectivity index (χ0n) is 10.3. The number of rotatable bonds is 6. The van der Waals surface area contributed by atoms with Gasteiger partial charge in [0.1, 0.15) is 0 Å². The molecule has 2 nitrogen and oxygen atoms in total. The van der Waals surface area contributed by atoms with Crippen LogP contribution in [0.15, 0.2) is 28.7 Å². The molecule has 1 aliphatic rings. The molecule has 3 heteroatoms. The lowest BCUT2D eigenvalue weighted by Gasteiger charge is -2.42. The lowest BCUT2D eigenvalue weighted by atomic mass is 9.77. The van der Waals surface area contributed by atoms with Crippen LogP contribution in [-0.2, 0) is 11.3 Å². The Bertz CT molecular complexity index is 363. The quantitative estimate of drug-likeness (QED) is 0.868. The molecular weight excluding hydrogens is 278 g/mol. The SMILES string of the molecule is CNCCC1(OCc2cccc(Br)c2)CCC1.